The number of anilines is 1. The Labute approximate surface area is 230 Å². The highest BCUT2D eigenvalue weighted by molar-refractivity contribution is 6.42. The lowest BCUT2D eigenvalue weighted by Crippen LogP contribution is -2.34. The number of nitrogens with one attached hydrogen (secondary N) is 2. The lowest BCUT2D eigenvalue weighted by Gasteiger charge is -2.29. The van der Waals surface area contributed by atoms with Gasteiger partial charge in [0.1, 0.15) is 19.0 Å². The van der Waals surface area contributed by atoms with Crippen molar-refractivity contribution in [2.75, 3.05) is 12.4 Å². The highest BCUT2D eigenvalue weighted by Gasteiger charge is 2.33. The van der Waals surface area contributed by atoms with Crippen LogP contribution in [0.15, 0.2) is 84.3 Å². The second-order valence-electron chi connectivity index (χ2n) is 8.71. The largest absolute Gasteiger partial charge is 0.493 e. The number of allylic oxidation sites excluding steroid dienone is 1. The molecule has 5 rings (SSSR count). The predicted molar refractivity (Wildman–Crippen MR) is 147 cm³/mol. The first-order valence-corrected chi connectivity index (χ1v) is 12.6. The van der Waals surface area contributed by atoms with Crippen molar-refractivity contribution in [1.29, 1.82) is 0 Å². The minimum Gasteiger partial charge on any atom is -0.493 e. The summed E-state index contributed by atoms with van der Waals surface area (Å²) >= 11 is 12.2. The van der Waals surface area contributed by atoms with Crippen molar-refractivity contribution in [3.63, 3.8) is 0 Å². The van der Waals surface area contributed by atoms with Gasteiger partial charge in [0, 0.05) is 12.2 Å². The molecule has 1 amide bonds. The lowest BCUT2D eigenvalue weighted by molar-refractivity contribution is -0.118. The number of rotatable bonds is 8. The molecule has 0 fully saturated rings. The van der Waals surface area contributed by atoms with Crippen LogP contribution in [0.4, 0.5) is 5.95 Å². The summed E-state index contributed by atoms with van der Waals surface area (Å²) in [5.74, 6) is 1.41. The molecule has 3 aromatic carbocycles. The number of fused-ring (bicyclic) bond motifs is 1. The zero-order valence-electron chi connectivity index (χ0n) is 20.7. The molecular weight excluding hydrogens is 525 g/mol. The summed E-state index contributed by atoms with van der Waals surface area (Å²) in [5.41, 5.74) is 3.89. The number of amides is 1. The van der Waals surface area contributed by atoms with Crippen LogP contribution in [-0.2, 0) is 17.9 Å². The smallest absolute Gasteiger partial charge is 0.251 e. The third-order valence-electron chi connectivity index (χ3n) is 6.22. The summed E-state index contributed by atoms with van der Waals surface area (Å²) in [4.78, 5) is 17.8. The van der Waals surface area contributed by atoms with E-state index in [-0.39, 0.29) is 12.5 Å². The minimum absolute atomic E-state index is 0.205. The number of carbonyl (C=O) groups is 1. The van der Waals surface area contributed by atoms with Crippen molar-refractivity contribution in [2.45, 2.75) is 26.1 Å². The van der Waals surface area contributed by atoms with Gasteiger partial charge in [-0.25, -0.2) is 4.68 Å². The van der Waals surface area contributed by atoms with E-state index >= 15 is 0 Å². The molecule has 0 spiro atoms. The quantitative estimate of drug-likeness (QED) is 0.289. The maximum Gasteiger partial charge on any atom is 0.251 e. The van der Waals surface area contributed by atoms with Gasteiger partial charge >= 0.3 is 0 Å². The van der Waals surface area contributed by atoms with E-state index < -0.39 is 6.04 Å². The monoisotopic (exact) mass is 549 g/mol. The molecule has 1 aliphatic heterocycles. The van der Waals surface area contributed by atoms with Crippen molar-refractivity contribution in [2.24, 2.45) is 0 Å². The van der Waals surface area contributed by atoms with Crippen LogP contribution in [-0.4, -0.2) is 27.8 Å². The Morgan fingerprint density at radius 1 is 1.03 bits per heavy atom. The number of ether oxygens (including phenoxy) is 2. The molecule has 1 aliphatic rings. The molecule has 0 aliphatic carbocycles. The standard InChI is InChI=1S/C28H25Cl2N5O3/c1-17-25(27(36)31-14-18-6-4-3-5-7-18)26(35-28(34-17)32-16-33-35)20-9-11-23(24(13-20)37-2)38-15-19-8-10-21(29)22(30)12-19/h3-13,16,26H,14-15H2,1-2H3,(H,31,36)(H,32,33,34)/t26-/m1/s1. The zero-order valence-corrected chi connectivity index (χ0v) is 22.3. The number of halogens is 2. The van der Waals surface area contributed by atoms with Gasteiger partial charge in [0.2, 0.25) is 5.95 Å². The number of carbonyl (C=O) groups excluding carboxylic acids is 1. The molecule has 1 atom stereocenters. The van der Waals surface area contributed by atoms with Crippen LogP contribution < -0.4 is 20.1 Å². The van der Waals surface area contributed by atoms with Gasteiger partial charge in [-0.1, -0.05) is 65.7 Å². The summed E-state index contributed by atoms with van der Waals surface area (Å²) < 4.78 is 13.4. The third kappa shape index (κ3) is 5.32. The van der Waals surface area contributed by atoms with E-state index in [1.54, 1.807) is 23.9 Å². The first-order chi connectivity index (χ1) is 18.4. The van der Waals surface area contributed by atoms with Crippen molar-refractivity contribution in [3.05, 3.63) is 111 Å². The fourth-order valence-electron chi connectivity index (χ4n) is 4.33. The van der Waals surface area contributed by atoms with E-state index in [0.717, 1.165) is 16.7 Å². The molecule has 10 heteroatoms. The number of methoxy groups -OCH3 is 1. The van der Waals surface area contributed by atoms with Crippen LogP contribution >= 0.6 is 23.2 Å². The molecule has 38 heavy (non-hydrogen) atoms. The van der Waals surface area contributed by atoms with Crippen LogP contribution in [0, 0.1) is 0 Å². The van der Waals surface area contributed by atoms with Crippen molar-refractivity contribution < 1.29 is 14.3 Å². The highest BCUT2D eigenvalue weighted by atomic mass is 35.5. The van der Waals surface area contributed by atoms with E-state index in [1.165, 1.54) is 6.33 Å². The zero-order chi connectivity index (χ0) is 26.6. The molecule has 194 valence electrons. The Morgan fingerprint density at radius 3 is 2.61 bits per heavy atom. The van der Waals surface area contributed by atoms with Gasteiger partial charge in [-0.05, 0) is 47.9 Å². The summed E-state index contributed by atoms with van der Waals surface area (Å²) in [5, 5.41) is 11.6. The van der Waals surface area contributed by atoms with Crippen LogP contribution in [0.5, 0.6) is 11.5 Å². The van der Waals surface area contributed by atoms with Crippen LogP contribution in [0.2, 0.25) is 10.0 Å². The lowest BCUT2D eigenvalue weighted by atomic mass is 9.94. The molecule has 0 saturated carbocycles. The molecule has 8 nitrogen and oxygen atoms in total. The van der Waals surface area contributed by atoms with Crippen molar-refractivity contribution in [1.82, 2.24) is 20.1 Å². The molecule has 1 aromatic heterocycles. The van der Waals surface area contributed by atoms with E-state index in [1.807, 2.05) is 61.5 Å². The van der Waals surface area contributed by atoms with Gasteiger partial charge in [0.25, 0.3) is 5.91 Å². The van der Waals surface area contributed by atoms with E-state index in [0.29, 0.717) is 45.3 Å². The fraction of sp³-hybridized carbons (Fsp3) is 0.179. The molecule has 0 bridgehead atoms. The second-order valence-corrected chi connectivity index (χ2v) is 9.52. The number of hydrogen-bond acceptors (Lipinski definition) is 6. The summed E-state index contributed by atoms with van der Waals surface area (Å²) in [6.07, 6.45) is 1.46. The summed E-state index contributed by atoms with van der Waals surface area (Å²) in [7, 11) is 1.57. The summed E-state index contributed by atoms with van der Waals surface area (Å²) in [6, 6.07) is 20.1. The Balaban J connectivity index is 1.43. The van der Waals surface area contributed by atoms with Crippen LogP contribution in [0.3, 0.4) is 0 Å². The second kappa shape index (κ2) is 11.2. The Kier molecular flexibility index (Phi) is 7.53. The number of benzene rings is 3. The first kappa shape index (κ1) is 25.6. The molecule has 2 N–H and O–H groups in total. The van der Waals surface area contributed by atoms with E-state index in [2.05, 4.69) is 20.7 Å². The molecule has 2 heterocycles. The first-order valence-electron chi connectivity index (χ1n) is 11.9. The average molecular weight is 550 g/mol. The van der Waals surface area contributed by atoms with Crippen LogP contribution in [0.1, 0.15) is 29.7 Å². The highest BCUT2D eigenvalue weighted by Crippen LogP contribution is 2.38. The normalized spacial score (nSPS) is 14.5. The van der Waals surface area contributed by atoms with Gasteiger partial charge in [0.15, 0.2) is 11.5 Å². The fourth-order valence-corrected chi connectivity index (χ4v) is 4.65. The molecule has 0 radical (unpaired) electrons. The van der Waals surface area contributed by atoms with Gasteiger partial charge < -0.3 is 20.1 Å². The van der Waals surface area contributed by atoms with Crippen molar-refractivity contribution in [3.8, 4) is 11.5 Å². The average Bonchev–Trinajstić information content (AvgIpc) is 3.40. The summed E-state index contributed by atoms with van der Waals surface area (Å²) in [6.45, 7) is 2.53. The maximum atomic E-state index is 13.5. The van der Waals surface area contributed by atoms with Crippen molar-refractivity contribution >= 4 is 35.1 Å². The number of nitrogens with zero attached hydrogens (tertiary/aromatic N) is 3. The molecule has 0 saturated heterocycles. The van der Waals surface area contributed by atoms with Crippen LogP contribution in [0.25, 0.3) is 0 Å². The molecule has 0 unspecified atom stereocenters. The van der Waals surface area contributed by atoms with Gasteiger partial charge in [-0.15, -0.1) is 0 Å². The van der Waals surface area contributed by atoms with E-state index in [9.17, 15) is 4.79 Å². The molecule has 4 aromatic rings. The predicted octanol–water partition coefficient (Wildman–Crippen LogP) is 5.78. The number of hydrogen-bond donors (Lipinski definition) is 2. The Morgan fingerprint density at radius 2 is 1.84 bits per heavy atom. The maximum absolute atomic E-state index is 13.5. The SMILES string of the molecule is COc1cc([C@@H]2C(C(=O)NCc3ccccc3)=C(C)Nc3ncnn32)ccc1OCc1ccc(Cl)c(Cl)c1. The number of aromatic nitrogens is 3. The molecular formula is C28H25Cl2N5O3. The van der Waals surface area contributed by atoms with Gasteiger partial charge in [-0.3, -0.25) is 4.79 Å². The topological polar surface area (TPSA) is 90.3 Å². The van der Waals surface area contributed by atoms with E-state index in [4.69, 9.17) is 32.7 Å². The van der Waals surface area contributed by atoms with Gasteiger partial charge in [-0.2, -0.15) is 10.1 Å². The third-order valence-corrected chi connectivity index (χ3v) is 6.96. The van der Waals surface area contributed by atoms with Gasteiger partial charge in [0.05, 0.1) is 22.7 Å². The Hall–Kier alpha value is -4.01. The minimum atomic E-state index is -0.525. The Bertz CT molecular complexity index is 1500.